The van der Waals surface area contributed by atoms with Crippen molar-refractivity contribution in [2.24, 2.45) is 0 Å². The zero-order valence-corrected chi connectivity index (χ0v) is 13.6. The molecule has 0 amide bonds. The van der Waals surface area contributed by atoms with Crippen LogP contribution in [0.3, 0.4) is 0 Å². The highest BCUT2D eigenvalue weighted by atomic mass is 15.1. The summed E-state index contributed by atoms with van der Waals surface area (Å²) in [4.78, 5) is 0. The van der Waals surface area contributed by atoms with E-state index < -0.39 is 0 Å². The first-order chi connectivity index (χ1) is 10.6. The van der Waals surface area contributed by atoms with E-state index in [9.17, 15) is 0 Å². The van der Waals surface area contributed by atoms with Crippen LogP contribution in [0.1, 0.15) is 37.8 Å². The minimum Gasteiger partial charge on any atom is -0.188 e. The van der Waals surface area contributed by atoms with Gasteiger partial charge in [-0.25, -0.2) is 0 Å². The van der Waals surface area contributed by atoms with Gasteiger partial charge >= 0.3 is 0 Å². The molecule has 1 nitrogen and oxygen atoms in total. The third-order valence-electron chi connectivity index (χ3n) is 5.52. The van der Waals surface area contributed by atoms with E-state index in [1.165, 1.54) is 38.4 Å². The van der Waals surface area contributed by atoms with Gasteiger partial charge in [-0.15, -0.1) is 0 Å². The number of aryl methyl sites for hydroxylation is 1. The fraction of sp³-hybridized carbons (Fsp3) is 0.286. The Morgan fingerprint density at radius 3 is 2.50 bits per heavy atom. The summed E-state index contributed by atoms with van der Waals surface area (Å²) in [6, 6.07) is 13.4. The van der Waals surface area contributed by atoms with Gasteiger partial charge in [0.25, 0.3) is 0 Å². The van der Waals surface area contributed by atoms with E-state index in [0.717, 1.165) is 12.8 Å². The first-order valence-corrected chi connectivity index (χ1v) is 8.20. The van der Waals surface area contributed by atoms with Crippen molar-refractivity contribution >= 4 is 27.2 Å². The number of benzene rings is 2. The average Bonchev–Trinajstić information content (AvgIpc) is 2.54. The minimum absolute atomic E-state index is 0.00704. The summed E-state index contributed by atoms with van der Waals surface area (Å²) < 4.78 is 2.51. The fourth-order valence-corrected chi connectivity index (χ4v) is 4.31. The van der Waals surface area contributed by atoms with Crippen molar-refractivity contribution in [3.05, 3.63) is 60.3 Å². The first kappa shape index (κ1) is 13.5. The van der Waals surface area contributed by atoms with E-state index in [1.807, 2.05) is 0 Å². The normalized spacial score (nSPS) is 15.9. The van der Waals surface area contributed by atoms with Crippen molar-refractivity contribution in [3.8, 4) is 0 Å². The molecule has 0 unspecified atom stereocenters. The van der Waals surface area contributed by atoms with Gasteiger partial charge in [0.05, 0.1) is 5.39 Å². The van der Waals surface area contributed by atoms with Crippen LogP contribution >= 0.6 is 0 Å². The molecule has 0 radical (unpaired) electrons. The second kappa shape index (κ2) is 4.42. The quantitative estimate of drug-likeness (QED) is 0.454. The highest BCUT2D eigenvalue weighted by molar-refractivity contribution is 6.10. The Morgan fingerprint density at radius 2 is 1.77 bits per heavy atom. The molecule has 0 fully saturated rings. The summed E-state index contributed by atoms with van der Waals surface area (Å²) in [5, 5.41) is 4.01. The number of hydrogen-bond acceptors (Lipinski definition) is 0. The molecular formula is C21H22N+. The van der Waals surface area contributed by atoms with Crippen LogP contribution in [0.5, 0.6) is 0 Å². The van der Waals surface area contributed by atoms with Crippen LogP contribution in [-0.2, 0) is 5.54 Å². The van der Waals surface area contributed by atoms with E-state index >= 15 is 0 Å². The molecule has 1 aliphatic rings. The molecule has 0 aliphatic carbocycles. The third-order valence-corrected chi connectivity index (χ3v) is 5.52. The van der Waals surface area contributed by atoms with Gasteiger partial charge in [0, 0.05) is 29.4 Å². The lowest BCUT2D eigenvalue weighted by Crippen LogP contribution is -2.58. The van der Waals surface area contributed by atoms with Crippen molar-refractivity contribution in [1.82, 2.24) is 0 Å². The van der Waals surface area contributed by atoms with Gasteiger partial charge in [-0.3, -0.25) is 0 Å². The molecular weight excluding hydrogens is 266 g/mol. The number of pyridine rings is 1. The molecule has 1 heteroatoms. The summed E-state index contributed by atoms with van der Waals surface area (Å²) in [6.07, 6.45) is 4.45. The van der Waals surface area contributed by atoms with Crippen LogP contribution < -0.4 is 4.57 Å². The Balaban J connectivity index is 2.34. The lowest BCUT2D eigenvalue weighted by Gasteiger charge is -2.34. The number of rotatable bonds is 2. The summed E-state index contributed by atoms with van der Waals surface area (Å²) in [5.74, 6) is 0. The number of hydrogen-bond donors (Lipinski definition) is 0. The van der Waals surface area contributed by atoms with E-state index in [2.05, 4.69) is 74.5 Å². The Kier molecular flexibility index (Phi) is 2.72. The predicted octanol–water partition coefficient (Wildman–Crippen LogP) is 5.13. The smallest absolute Gasteiger partial charge is 0.188 e. The van der Waals surface area contributed by atoms with Gasteiger partial charge in [-0.2, -0.15) is 4.57 Å². The summed E-state index contributed by atoms with van der Waals surface area (Å²) in [7, 11) is 0. The van der Waals surface area contributed by atoms with Crippen LogP contribution in [0.15, 0.2) is 49.2 Å². The van der Waals surface area contributed by atoms with Gasteiger partial charge in [0.2, 0.25) is 5.52 Å². The van der Waals surface area contributed by atoms with Crippen molar-refractivity contribution in [3.63, 3.8) is 0 Å². The Hall–Kier alpha value is -2.15. The summed E-state index contributed by atoms with van der Waals surface area (Å²) >= 11 is 0. The van der Waals surface area contributed by atoms with Crippen LogP contribution in [0.4, 0.5) is 0 Å². The van der Waals surface area contributed by atoms with Gasteiger partial charge in [0.15, 0.2) is 11.7 Å². The van der Waals surface area contributed by atoms with Crippen molar-refractivity contribution < 1.29 is 4.57 Å². The van der Waals surface area contributed by atoms with Crippen LogP contribution in [0.2, 0.25) is 0 Å². The maximum atomic E-state index is 4.53. The molecule has 0 spiro atoms. The molecule has 0 N–H and O–H groups in total. The Morgan fingerprint density at radius 1 is 1.05 bits per heavy atom. The largest absolute Gasteiger partial charge is 0.221 e. The molecule has 110 valence electrons. The molecule has 2 aromatic carbocycles. The molecule has 1 aromatic heterocycles. The van der Waals surface area contributed by atoms with Gasteiger partial charge in [0.1, 0.15) is 0 Å². The number of allylic oxidation sites excluding steroid dienone is 1. The van der Waals surface area contributed by atoms with Crippen LogP contribution in [-0.4, -0.2) is 0 Å². The third kappa shape index (κ3) is 1.46. The Bertz CT molecular complexity index is 929. The topological polar surface area (TPSA) is 3.88 Å². The highest BCUT2D eigenvalue weighted by Crippen LogP contribution is 2.43. The van der Waals surface area contributed by atoms with E-state index in [1.54, 1.807) is 0 Å². The average molecular weight is 288 g/mol. The zero-order chi connectivity index (χ0) is 15.5. The molecule has 0 bridgehead atoms. The monoisotopic (exact) mass is 288 g/mol. The highest BCUT2D eigenvalue weighted by Gasteiger charge is 2.45. The summed E-state index contributed by atoms with van der Waals surface area (Å²) in [5.41, 5.74) is 5.27. The van der Waals surface area contributed by atoms with Crippen LogP contribution in [0.25, 0.3) is 27.2 Å². The molecule has 0 saturated carbocycles. The van der Waals surface area contributed by atoms with Crippen LogP contribution in [0, 0.1) is 6.92 Å². The summed E-state index contributed by atoms with van der Waals surface area (Å²) in [6.45, 7) is 11.3. The SMILES string of the molecule is C=C1c2cccc3ccc4cc(C)c[n+](c4c23)C1(CC)CC. The molecule has 4 rings (SSSR count). The van der Waals surface area contributed by atoms with Gasteiger partial charge in [-0.05, 0) is 30.0 Å². The van der Waals surface area contributed by atoms with Gasteiger partial charge < -0.3 is 0 Å². The predicted molar refractivity (Wildman–Crippen MR) is 94.0 cm³/mol. The molecule has 3 aromatic rings. The van der Waals surface area contributed by atoms with E-state index in [4.69, 9.17) is 0 Å². The number of nitrogens with zero attached hydrogens (tertiary/aromatic N) is 1. The fourth-order valence-electron chi connectivity index (χ4n) is 4.31. The first-order valence-electron chi connectivity index (χ1n) is 8.20. The Labute approximate surface area is 131 Å². The maximum Gasteiger partial charge on any atom is 0.221 e. The standard InChI is InChI=1S/C21H22N/c1-5-21(6-2)15(4)18-9-7-8-16-10-11-17-12-14(3)13-22(21)20(17)19(16)18/h7-13H,4-6H2,1-3H3/q+1. The zero-order valence-electron chi connectivity index (χ0n) is 13.6. The minimum atomic E-state index is -0.00704. The van der Waals surface area contributed by atoms with Gasteiger partial charge in [-0.1, -0.05) is 44.7 Å². The van der Waals surface area contributed by atoms with E-state index in [-0.39, 0.29) is 5.54 Å². The lowest BCUT2D eigenvalue weighted by molar-refractivity contribution is -0.727. The molecule has 2 heterocycles. The second-order valence-corrected chi connectivity index (χ2v) is 6.51. The molecule has 1 aliphatic heterocycles. The van der Waals surface area contributed by atoms with Crippen molar-refractivity contribution in [2.45, 2.75) is 39.2 Å². The second-order valence-electron chi connectivity index (χ2n) is 6.51. The van der Waals surface area contributed by atoms with Crippen molar-refractivity contribution in [2.75, 3.05) is 0 Å². The molecule has 0 atom stereocenters. The molecule has 22 heavy (non-hydrogen) atoms. The lowest BCUT2D eigenvalue weighted by atomic mass is 9.76. The molecule has 0 saturated heterocycles. The van der Waals surface area contributed by atoms with Crippen molar-refractivity contribution in [1.29, 1.82) is 0 Å². The number of aromatic nitrogens is 1. The maximum absolute atomic E-state index is 4.53. The van der Waals surface area contributed by atoms with E-state index in [0.29, 0.717) is 0 Å².